The van der Waals surface area contributed by atoms with Gasteiger partial charge in [0.25, 0.3) is 0 Å². The van der Waals surface area contributed by atoms with Gasteiger partial charge in [-0.1, -0.05) is 30.3 Å². The molecule has 3 nitrogen and oxygen atoms in total. The van der Waals surface area contributed by atoms with E-state index in [9.17, 15) is 0 Å². The first kappa shape index (κ1) is 14.4. The van der Waals surface area contributed by atoms with Crippen molar-refractivity contribution >= 4 is 10.8 Å². The summed E-state index contributed by atoms with van der Waals surface area (Å²) in [7, 11) is 1.75. The van der Waals surface area contributed by atoms with Gasteiger partial charge in [0.15, 0.2) is 0 Å². The van der Waals surface area contributed by atoms with E-state index in [1.54, 1.807) is 7.11 Å². The summed E-state index contributed by atoms with van der Waals surface area (Å²) in [5, 5.41) is 9.61. The van der Waals surface area contributed by atoms with E-state index >= 15 is 0 Å². The van der Waals surface area contributed by atoms with E-state index in [1.165, 1.54) is 29.2 Å². The molecule has 1 fully saturated rings. The van der Waals surface area contributed by atoms with Gasteiger partial charge in [0, 0.05) is 12.1 Å². The molecule has 0 spiro atoms. The van der Waals surface area contributed by atoms with Gasteiger partial charge in [-0.15, -0.1) is 0 Å². The molecule has 1 aliphatic rings. The van der Waals surface area contributed by atoms with Crippen LogP contribution in [0.1, 0.15) is 18.4 Å². The van der Waals surface area contributed by atoms with E-state index in [0.29, 0.717) is 0 Å². The second kappa shape index (κ2) is 6.92. The number of ether oxygens (including phenoxy) is 1. The Bertz CT molecular complexity index is 591. The van der Waals surface area contributed by atoms with Crippen LogP contribution >= 0.6 is 0 Å². The molecule has 3 rings (SSSR count). The van der Waals surface area contributed by atoms with Crippen LogP contribution in [0.2, 0.25) is 0 Å². The number of rotatable bonds is 5. The summed E-state index contributed by atoms with van der Waals surface area (Å²) >= 11 is 0. The zero-order valence-electron chi connectivity index (χ0n) is 12.7. The lowest BCUT2D eigenvalue weighted by Gasteiger charge is -2.23. The van der Waals surface area contributed by atoms with Crippen LogP contribution in [-0.2, 0) is 6.54 Å². The highest BCUT2D eigenvalue weighted by Gasteiger charge is 2.13. The van der Waals surface area contributed by atoms with Crippen LogP contribution in [0.15, 0.2) is 36.4 Å². The van der Waals surface area contributed by atoms with Gasteiger partial charge in [-0.25, -0.2) is 0 Å². The van der Waals surface area contributed by atoms with Crippen LogP contribution < -0.4 is 15.4 Å². The molecule has 0 amide bonds. The number of piperidine rings is 1. The van der Waals surface area contributed by atoms with Crippen LogP contribution in [0.5, 0.6) is 5.75 Å². The normalized spacial score (nSPS) is 16.2. The van der Waals surface area contributed by atoms with Crippen LogP contribution in [-0.4, -0.2) is 26.7 Å². The predicted molar refractivity (Wildman–Crippen MR) is 87.8 cm³/mol. The Hall–Kier alpha value is -1.58. The smallest absolute Gasteiger partial charge is 0.123 e. The van der Waals surface area contributed by atoms with E-state index in [2.05, 4.69) is 47.0 Å². The molecule has 1 heterocycles. The van der Waals surface area contributed by atoms with Crippen LogP contribution in [0.25, 0.3) is 10.8 Å². The van der Waals surface area contributed by atoms with Crippen molar-refractivity contribution in [1.82, 2.24) is 10.6 Å². The molecule has 0 aromatic heterocycles. The molecule has 112 valence electrons. The van der Waals surface area contributed by atoms with E-state index in [-0.39, 0.29) is 0 Å². The van der Waals surface area contributed by atoms with Gasteiger partial charge < -0.3 is 15.4 Å². The summed E-state index contributed by atoms with van der Waals surface area (Å²) < 4.78 is 5.55. The number of benzene rings is 2. The molecule has 0 bridgehead atoms. The maximum Gasteiger partial charge on any atom is 0.123 e. The average molecular weight is 284 g/mol. The summed E-state index contributed by atoms with van der Waals surface area (Å²) in [6.07, 6.45) is 2.55. The van der Waals surface area contributed by atoms with Crippen LogP contribution in [0.4, 0.5) is 0 Å². The fourth-order valence-corrected chi connectivity index (χ4v) is 3.18. The van der Waals surface area contributed by atoms with E-state index in [0.717, 1.165) is 37.8 Å². The molecule has 0 atom stereocenters. The van der Waals surface area contributed by atoms with Crippen molar-refractivity contribution in [1.29, 1.82) is 0 Å². The molecule has 2 N–H and O–H groups in total. The van der Waals surface area contributed by atoms with Crippen LogP contribution in [0.3, 0.4) is 0 Å². The molecular formula is C18H24N2O. The summed E-state index contributed by atoms with van der Waals surface area (Å²) in [5.74, 6) is 1.78. The van der Waals surface area contributed by atoms with Gasteiger partial charge in [0.2, 0.25) is 0 Å². The molecule has 1 aliphatic heterocycles. The molecule has 1 saturated heterocycles. The Balaban J connectivity index is 1.72. The SMILES string of the molecule is COc1ccc2ccccc2c1CNCC1CCNCC1. The average Bonchev–Trinajstić information content (AvgIpc) is 2.56. The lowest BCUT2D eigenvalue weighted by Crippen LogP contribution is -2.33. The highest BCUT2D eigenvalue weighted by molar-refractivity contribution is 5.87. The van der Waals surface area contributed by atoms with E-state index in [4.69, 9.17) is 4.74 Å². The van der Waals surface area contributed by atoms with Crippen molar-refractivity contribution in [2.24, 2.45) is 5.92 Å². The highest BCUT2D eigenvalue weighted by Crippen LogP contribution is 2.27. The standard InChI is InChI=1S/C18H24N2O/c1-21-18-7-6-15-4-2-3-5-16(15)17(18)13-20-12-14-8-10-19-11-9-14/h2-7,14,19-20H,8-13H2,1H3. The molecule has 0 aliphatic carbocycles. The van der Waals surface area contributed by atoms with Gasteiger partial charge in [-0.3, -0.25) is 0 Å². The first-order valence-electron chi connectivity index (χ1n) is 7.84. The van der Waals surface area contributed by atoms with Crippen molar-refractivity contribution in [3.05, 3.63) is 42.0 Å². The molecule has 2 aromatic carbocycles. The zero-order valence-corrected chi connectivity index (χ0v) is 12.7. The second-order valence-electron chi connectivity index (χ2n) is 5.79. The van der Waals surface area contributed by atoms with Crippen LogP contribution in [0, 0.1) is 5.92 Å². The Kier molecular flexibility index (Phi) is 4.73. The molecule has 21 heavy (non-hydrogen) atoms. The lowest BCUT2D eigenvalue weighted by molar-refractivity contribution is 0.354. The van der Waals surface area contributed by atoms with Gasteiger partial charge in [-0.05, 0) is 55.2 Å². The van der Waals surface area contributed by atoms with Gasteiger partial charge in [0.1, 0.15) is 5.75 Å². The maximum atomic E-state index is 5.55. The minimum absolute atomic E-state index is 0.798. The van der Waals surface area contributed by atoms with Crippen molar-refractivity contribution < 1.29 is 4.74 Å². The fourth-order valence-electron chi connectivity index (χ4n) is 3.18. The molecule has 0 radical (unpaired) electrons. The predicted octanol–water partition coefficient (Wildman–Crippen LogP) is 2.94. The number of hydrogen-bond donors (Lipinski definition) is 2. The molecular weight excluding hydrogens is 260 g/mol. The number of nitrogens with one attached hydrogen (secondary N) is 2. The highest BCUT2D eigenvalue weighted by atomic mass is 16.5. The summed E-state index contributed by atoms with van der Waals surface area (Å²) in [4.78, 5) is 0. The second-order valence-corrected chi connectivity index (χ2v) is 5.79. The number of hydrogen-bond acceptors (Lipinski definition) is 3. The van der Waals surface area contributed by atoms with Crippen molar-refractivity contribution in [2.45, 2.75) is 19.4 Å². The zero-order chi connectivity index (χ0) is 14.5. The number of fused-ring (bicyclic) bond motifs is 1. The summed E-state index contributed by atoms with van der Waals surface area (Å²) in [5.41, 5.74) is 1.27. The summed E-state index contributed by atoms with van der Waals surface area (Å²) in [6, 6.07) is 12.7. The molecule has 0 saturated carbocycles. The fraction of sp³-hybridized carbons (Fsp3) is 0.444. The first-order chi connectivity index (χ1) is 10.4. The summed E-state index contributed by atoms with van der Waals surface area (Å²) in [6.45, 7) is 4.27. The number of methoxy groups -OCH3 is 1. The third-order valence-corrected chi connectivity index (χ3v) is 4.41. The Morgan fingerprint density at radius 2 is 1.95 bits per heavy atom. The van der Waals surface area contributed by atoms with Gasteiger partial charge >= 0.3 is 0 Å². The third kappa shape index (κ3) is 3.36. The lowest BCUT2D eigenvalue weighted by atomic mass is 9.98. The molecule has 0 unspecified atom stereocenters. The maximum absolute atomic E-state index is 5.55. The van der Waals surface area contributed by atoms with Gasteiger partial charge in [0.05, 0.1) is 7.11 Å². The molecule has 2 aromatic rings. The monoisotopic (exact) mass is 284 g/mol. The molecule has 3 heteroatoms. The van der Waals surface area contributed by atoms with Crippen molar-refractivity contribution in [3.8, 4) is 5.75 Å². The Morgan fingerprint density at radius 3 is 2.76 bits per heavy atom. The van der Waals surface area contributed by atoms with Crippen molar-refractivity contribution in [3.63, 3.8) is 0 Å². The topological polar surface area (TPSA) is 33.3 Å². The van der Waals surface area contributed by atoms with E-state index < -0.39 is 0 Å². The minimum atomic E-state index is 0.798. The quantitative estimate of drug-likeness (QED) is 0.885. The minimum Gasteiger partial charge on any atom is -0.496 e. The third-order valence-electron chi connectivity index (χ3n) is 4.41. The van der Waals surface area contributed by atoms with Gasteiger partial charge in [-0.2, -0.15) is 0 Å². The largest absolute Gasteiger partial charge is 0.496 e. The van der Waals surface area contributed by atoms with E-state index in [1.807, 2.05) is 0 Å². The first-order valence-corrected chi connectivity index (χ1v) is 7.84. The Labute approximate surface area is 126 Å². The van der Waals surface area contributed by atoms with Crippen molar-refractivity contribution in [2.75, 3.05) is 26.7 Å². The Morgan fingerprint density at radius 1 is 1.14 bits per heavy atom.